The summed E-state index contributed by atoms with van der Waals surface area (Å²) < 4.78 is 16.6. The largest absolute Gasteiger partial charge is 0.497 e. The third-order valence-electron chi connectivity index (χ3n) is 5.68. The summed E-state index contributed by atoms with van der Waals surface area (Å²) in [7, 11) is 5.16. The van der Waals surface area contributed by atoms with Crippen LogP contribution in [0.2, 0.25) is 0 Å². The van der Waals surface area contributed by atoms with E-state index in [-0.39, 0.29) is 0 Å². The summed E-state index contributed by atoms with van der Waals surface area (Å²) >= 11 is 0. The Hall–Kier alpha value is -1.56. The summed E-state index contributed by atoms with van der Waals surface area (Å²) in [5.41, 5.74) is 8.60. The van der Waals surface area contributed by atoms with Crippen LogP contribution >= 0.6 is 0 Å². The van der Waals surface area contributed by atoms with Gasteiger partial charge in [-0.2, -0.15) is 0 Å². The van der Waals surface area contributed by atoms with Gasteiger partial charge in [0.25, 0.3) is 0 Å². The van der Waals surface area contributed by atoms with Gasteiger partial charge in [-0.15, -0.1) is 0 Å². The average Bonchev–Trinajstić information content (AvgIpc) is 3.06. The molecular formula is C19H28N2O3. The lowest BCUT2D eigenvalue weighted by molar-refractivity contribution is -0.228. The van der Waals surface area contributed by atoms with E-state index in [2.05, 4.69) is 23.3 Å². The first-order valence-corrected chi connectivity index (χ1v) is 8.61. The van der Waals surface area contributed by atoms with E-state index in [0.717, 1.165) is 36.9 Å². The van der Waals surface area contributed by atoms with E-state index in [1.54, 1.807) is 21.3 Å². The van der Waals surface area contributed by atoms with Gasteiger partial charge < -0.3 is 24.9 Å². The Morgan fingerprint density at radius 1 is 1.21 bits per heavy atom. The zero-order chi connectivity index (χ0) is 17.2. The van der Waals surface area contributed by atoms with Crippen molar-refractivity contribution in [1.29, 1.82) is 0 Å². The molecule has 1 aliphatic rings. The molecule has 2 aromatic rings. The molecule has 0 saturated heterocycles. The number of hydrogen-bond acceptors (Lipinski definition) is 4. The van der Waals surface area contributed by atoms with Crippen LogP contribution < -0.4 is 10.5 Å². The van der Waals surface area contributed by atoms with Crippen LogP contribution in [0.4, 0.5) is 0 Å². The van der Waals surface area contributed by atoms with E-state index < -0.39 is 5.79 Å². The van der Waals surface area contributed by atoms with Crippen LogP contribution in [0.5, 0.6) is 5.75 Å². The Morgan fingerprint density at radius 2 is 1.92 bits per heavy atom. The predicted molar refractivity (Wildman–Crippen MR) is 95.4 cm³/mol. The number of H-pyrrole nitrogens is 1. The second kappa shape index (κ2) is 7.13. The molecule has 24 heavy (non-hydrogen) atoms. The van der Waals surface area contributed by atoms with Crippen LogP contribution in [0.3, 0.4) is 0 Å². The fourth-order valence-corrected chi connectivity index (χ4v) is 4.10. The molecule has 0 bridgehead atoms. The minimum atomic E-state index is -0.418. The number of aromatic amines is 1. The summed E-state index contributed by atoms with van der Waals surface area (Å²) in [5.74, 6) is 1.33. The molecule has 3 rings (SSSR count). The summed E-state index contributed by atoms with van der Waals surface area (Å²) in [6.45, 7) is 0.641. The van der Waals surface area contributed by atoms with Crippen molar-refractivity contribution in [2.24, 2.45) is 11.7 Å². The van der Waals surface area contributed by atoms with E-state index in [0.29, 0.717) is 18.4 Å². The quantitative estimate of drug-likeness (QED) is 0.796. The van der Waals surface area contributed by atoms with Crippen molar-refractivity contribution in [1.82, 2.24) is 4.98 Å². The molecule has 1 fully saturated rings. The lowest BCUT2D eigenvalue weighted by atomic mass is 9.75. The maximum absolute atomic E-state index is 6.18. The highest BCUT2D eigenvalue weighted by Crippen LogP contribution is 2.43. The minimum absolute atomic E-state index is 0.331. The zero-order valence-electron chi connectivity index (χ0n) is 14.8. The first kappa shape index (κ1) is 17.3. The molecule has 1 aromatic heterocycles. The fourth-order valence-electron chi connectivity index (χ4n) is 4.10. The summed E-state index contributed by atoms with van der Waals surface area (Å²) in [6.07, 6.45) is 6.04. The Morgan fingerprint density at radius 3 is 2.50 bits per heavy atom. The van der Waals surface area contributed by atoms with Crippen molar-refractivity contribution >= 4 is 10.9 Å². The maximum Gasteiger partial charge on any atom is 0.167 e. The number of methoxy groups -OCH3 is 3. The summed E-state index contributed by atoms with van der Waals surface area (Å²) in [4.78, 5) is 3.37. The maximum atomic E-state index is 6.18. The second-order valence-corrected chi connectivity index (χ2v) is 6.65. The number of nitrogens with two attached hydrogens (primary N) is 1. The first-order valence-electron chi connectivity index (χ1n) is 8.61. The predicted octanol–water partition coefficient (Wildman–Crippen LogP) is 3.40. The normalized spacial score (nSPS) is 19.5. The number of nitrogens with one attached hydrogen (secondary N) is 1. The van der Waals surface area contributed by atoms with Crippen LogP contribution in [0.15, 0.2) is 24.4 Å². The molecule has 0 radical (unpaired) electrons. The average molecular weight is 332 g/mol. The van der Waals surface area contributed by atoms with Gasteiger partial charge in [0, 0.05) is 50.1 Å². The number of rotatable bonds is 6. The van der Waals surface area contributed by atoms with Gasteiger partial charge in [-0.05, 0) is 49.1 Å². The molecule has 1 atom stereocenters. The van der Waals surface area contributed by atoms with E-state index in [1.807, 2.05) is 6.07 Å². The molecule has 1 saturated carbocycles. The minimum Gasteiger partial charge on any atom is -0.497 e. The van der Waals surface area contributed by atoms with Crippen molar-refractivity contribution in [3.8, 4) is 5.75 Å². The summed E-state index contributed by atoms with van der Waals surface area (Å²) in [6, 6.07) is 6.14. The standard InChI is InChI=1S/C19H28N2O3/c1-22-14-4-5-18-15(10-14)17(12-21-18)16(11-20)13-6-8-19(23-2,24-3)9-7-13/h4-5,10,12-13,16,21H,6-9,11,20H2,1-3H3. The molecule has 3 N–H and O–H groups in total. The molecule has 0 amide bonds. The number of aromatic nitrogens is 1. The Balaban J connectivity index is 1.85. The van der Waals surface area contributed by atoms with Crippen molar-refractivity contribution in [2.45, 2.75) is 37.4 Å². The van der Waals surface area contributed by atoms with Gasteiger partial charge >= 0.3 is 0 Å². The monoisotopic (exact) mass is 332 g/mol. The Labute approximate surface area is 143 Å². The lowest BCUT2D eigenvalue weighted by Gasteiger charge is -2.40. The van der Waals surface area contributed by atoms with Crippen molar-refractivity contribution in [2.75, 3.05) is 27.9 Å². The number of fused-ring (bicyclic) bond motifs is 1. The molecule has 0 spiro atoms. The van der Waals surface area contributed by atoms with Crippen molar-refractivity contribution in [3.05, 3.63) is 30.0 Å². The number of benzene rings is 1. The Bertz CT molecular complexity index is 668. The van der Waals surface area contributed by atoms with E-state index in [4.69, 9.17) is 19.9 Å². The molecule has 132 valence electrons. The van der Waals surface area contributed by atoms with Crippen LogP contribution in [0.25, 0.3) is 10.9 Å². The molecule has 5 heteroatoms. The SMILES string of the molecule is COc1ccc2[nH]cc(C(CN)C3CCC(OC)(OC)CC3)c2c1. The van der Waals surface area contributed by atoms with E-state index in [1.165, 1.54) is 10.9 Å². The van der Waals surface area contributed by atoms with Crippen LogP contribution in [-0.4, -0.2) is 38.6 Å². The van der Waals surface area contributed by atoms with Crippen molar-refractivity contribution < 1.29 is 14.2 Å². The van der Waals surface area contributed by atoms with Crippen molar-refractivity contribution in [3.63, 3.8) is 0 Å². The van der Waals surface area contributed by atoms with Gasteiger partial charge in [0.1, 0.15) is 5.75 Å². The molecule has 1 aliphatic carbocycles. The van der Waals surface area contributed by atoms with Gasteiger partial charge in [-0.25, -0.2) is 0 Å². The third kappa shape index (κ3) is 3.04. The smallest absolute Gasteiger partial charge is 0.167 e. The highest BCUT2D eigenvalue weighted by atomic mass is 16.7. The van der Waals surface area contributed by atoms with E-state index in [9.17, 15) is 0 Å². The highest BCUT2D eigenvalue weighted by Gasteiger charge is 2.38. The van der Waals surface area contributed by atoms with Gasteiger partial charge in [-0.1, -0.05) is 0 Å². The van der Waals surface area contributed by atoms with Crippen LogP contribution in [-0.2, 0) is 9.47 Å². The molecule has 1 unspecified atom stereocenters. The number of ether oxygens (including phenoxy) is 3. The van der Waals surface area contributed by atoms with Gasteiger partial charge in [-0.3, -0.25) is 0 Å². The molecule has 5 nitrogen and oxygen atoms in total. The van der Waals surface area contributed by atoms with Gasteiger partial charge in [0.05, 0.1) is 7.11 Å². The Kier molecular flexibility index (Phi) is 5.13. The van der Waals surface area contributed by atoms with Crippen LogP contribution in [0, 0.1) is 5.92 Å². The number of hydrogen-bond donors (Lipinski definition) is 2. The third-order valence-corrected chi connectivity index (χ3v) is 5.68. The molecule has 1 aromatic carbocycles. The molecule has 0 aliphatic heterocycles. The topological polar surface area (TPSA) is 69.5 Å². The molecule has 1 heterocycles. The van der Waals surface area contributed by atoms with E-state index >= 15 is 0 Å². The zero-order valence-corrected chi connectivity index (χ0v) is 14.8. The fraction of sp³-hybridized carbons (Fsp3) is 0.579. The van der Waals surface area contributed by atoms with Gasteiger partial charge in [0.2, 0.25) is 0 Å². The second-order valence-electron chi connectivity index (χ2n) is 6.65. The molecular weight excluding hydrogens is 304 g/mol. The summed E-state index contributed by atoms with van der Waals surface area (Å²) in [5, 5.41) is 1.21. The lowest BCUT2D eigenvalue weighted by Crippen LogP contribution is -2.39. The first-order chi connectivity index (χ1) is 11.7. The highest BCUT2D eigenvalue weighted by molar-refractivity contribution is 5.85. The van der Waals surface area contributed by atoms with Crippen LogP contribution in [0.1, 0.15) is 37.2 Å². The van der Waals surface area contributed by atoms with Gasteiger partial charge in [0.15, 0.2) is 5.79 Å².